The van der Waals surface area contributed by atoms with Gasteiger partial charge in [0, 0.05) is 45.1 Å². The van der Waals surface area contributed by atoms with E-state index in [1.807, 2.05) is 42.2 Å². The third kappa shape index (κ3) is 7.59. The summed E-state index contributed by atoms with van der Waals surface area (Å²) in [6, 6.07) is 13.2. The number of fused-ring (bicyclic) bond motifs is 1. The molecule has 0 unspecified atom stereocenters. The first kappa shape index (κ1) is 29.4. The van der Waals surface area contributed by atoms with Gasteiger partial charge in [-0.15, -0.1) is 0 Å². The Morgan fingerprint density at radius 2 is 1.85 bits per heavy atom. The molecule has 6 nitrogen and oxygen atoms in total. The van der Waals surface area contributed by atoms with Crippen LogP contribution in [-0.2, 0) is 0 Å². The third-order valence-electron chi connectivity index (χ3n) is 8.28. The highest BCUT2D eigenvalue weighted by Gasteiger charge is 2.37. The van der Waals surface area contributed by atoms with Crippen molar-refractivity contribution in [2.24, 2.45) is 5.92 Å². The van der Waals surface area contributed by atoms with Gasteiger partial charge in [-0.3, -0.25) is 9.69 Å². The topological polar surface area (TPSA) is 51.2 Å². The van der Waals surface area contributed by atoms with Gasteiger partial charge in [-0.05, 0) is 62.8 Å². The van der Waals surface area contributed by atoms with Gasteiger partial charge in [0.2, 0.25) is 11.5 Å². The Kier molecular flexibility index (Phi) is 9.17. The summed E-state index contributed by atoms with van der Waals surface area (Å²) < 4.78 is 43.0. The Hall–Kier alpha value is -3.13. The van der Waals surface area contributed by atoms with Gasteiger partial charge in [-0.2, -0.15) is 8.78 Å². The molecule has 8 heteroatoms. The van der Waals surface area contributed by atoms with E-state index < -0.39 is 12.4 Å². The first-order chi connectivity index (χ1) is 19.7. The Morgan fingerprint density at radius 3 is 2.59 bits per heavy atom. The van der Waals surface area contributed by atoms with Crippen molar-refractivity contribution in [3.05, 3.63) is 59.2 Å². The van der Waals surface area contributed by atoms with Crippen molar-refractivity contribution in [2.75, 3.05) is 26.2 Å². The van der Waals surface area contributed by atoms with Gasteiger partial charge in [0.1, 0.15) is 0 Å². The normalized spacial score (nSPS) is 20.9. The van der Waals surface area contributed by atoms with Crippen LogP contribution < -0.4 is 14.2 Å². The number of hydrogen-bond acceptors (Lipinski definition) is 5. The molecule has 3 aliphatic rings. The summed E-state index contributed by atoms with van der Waals surface area (Å²) in [6.07, 6.45) is 10.7. The van der Waals surface area contributed by atoms with E-state index in [1.165, 1.54) is 38.2 Å². The number of alkyl halides is 2. The fourth-order valence-corrected chi connectivity index (χ4v) is 6.47. The molecule has 5 rings (SSSR count). The molecule has 1 saturated carbocycles. The first-order valence-electron chi connectivity index (χ1n) is 14.9. The largest absolute Gasteiger partial charge is 0.449 e. The van der Waals surface area contributed by atoms with Crippen LogP contribution in [0.25, 0.3) is 6.08 Å². The molecule has 0 bridgehead atoms. The molecule has 0 aromatic heterocycles. The minimum absolute atomic E-state index is 0.0907. The number of amides is 1. The van der Waals surface area contributed by atoms with Crippen molar-refractivity contribution in [3.8, 4) is 17.2 Å². The van der Waals surface area contributed by atoms with E-state index in [0.29, 0.717) is 13.1 Å². The maximum atomic E-state index is 14.2. The van der Waals surface area contributed by atoms with Gasteiger partial charge in [0.15, 0.2) is 11.5 Å². The van der Waals surface area contributed by atoms with E-state index >= 15 is 0 Å². The fourth-order valence-electron chi connectivity index (χ4n) is 6.47. The highest BCUT2D eigenvalue weighted by atomic mass is 19.3. The second kappa shape index (κ2) is 12.8. The number of ether oxygens (including phenoxy) is 3. The van der Waals surface area contributed by atoms with Crippen LogP contribution in [0.1, 0.15) is 81.6 Å². The summed E-state index contributed by atoms with van der Waals surface area (Å²) in [5.41, 5.74) is 2.34. The summed E-state index contributed by atoms with van der Waals surface area (Å²) >= 11 is 0. The summed E-state index contributed by atoms with van der Waals surface area (Å²) in [7, 11) is 0. The lowest BCUT2D eigenvalue weighted by Gasteiger charge is -2.34. The van der Waals surface area contributed by atoms with Crippen molar-refractivity contribution in [2.45, 2.75) is 84.2 Å². The summed E-state index contributed by atoms with van der Waals surface area (Å²) in [4.78, 5) is 18.6. The lowest BCUT2D eigenvalue weighted by molar-refractivity contribution is -0.0617. The molecule has 1 amide bonds. The predicted molar refractivity (Wildman–Crippen MR) is 156 cm³/mol. The van der Waals surface area contributed by atoms with Gasteiger partial charge in [-0.1, -0.05) is 61.2 Å². The highest BCUT2D eigenvalue weighted by molar-refractivity contribution is 5.96. The van der Waals surface area contributed by atoms with E-state index in [9.17, 15) is 13.6 Å². The standard InChI is InChI=1S/C33H42F2N2O4/c1-23(17-24-11-6-4-7-12-24)20-37(22-27-15-10-16-36(27)21-25-13-8-5-9-14-25)31(38)26-18-28(39-32(34)35)30-29(19-26)40-33(2,3)41-30/h4,6-7,11-12,17-19,25,27,32H,5,8-10,13-16,20-22H2,1-3H3/b23-17+/t27-/m0/s1. The van der Waals surface area contributed by atoms with Crippen LogP contribution in [0, 0.1) is 5.92 Å². The first-order valence-corrected chi connectivity index (χ1v) is 14.9. The molecule has 0 spiro atoms. The summed E-state index contributed by atoms with van der Waals surface area (Å²) in [6.45, 7) is 5.45. The number of carbonyl (C=O) groups is 1. The van der Waals surface area contributed by atoms with Gasteiger partial charge < -0.3 is 19.1 Å². The summed E-state index contributed by atoms with van der Waals surface area (Å²) in [5, 5.41) is 0. The van der Waals surface area contributed by atoms with Crippen molar-refractivity contribution < 1.29 is 27.8 Å². The smallest absolute Gasteiger partial charge is 0.387 e. The van der Waals surface area contributed by atoms with Crippen LogP contribution >= 0.6 is 0 Å². The zero-order chi connectivity index (χ0) is 29.0. The Bertz CT molecular complexity index is 1230. The van der Waals surface area contributed by atoms with E-state index in [2.05, 4.69) is 11.0 Å². The number of likely N-dealkylation sites (tertiary alicyclic amines) is 1. The molecule has 2 heterocycles. The molecular formula is C33H42F2N2O4. The monoisotopic (exact) mass is 568 g/mol. The van der Waals surface area contributed by atoms with Crippen molar-refractivity contribution in [1.29, 1.82) is 0 Å². The van der Waals surface area contributed by atoms with Crippen molar-refractivity contribution in [3.63, 3.8) is 0 Å². The van der Waals surface area contributed by atoms with E-state index in [-0.39, 0.29) is 34.8 Å². The maximum absolute atomic E-state index is 14.2. The highest BCUT2D eigenvalue weighted by Crippen LogP contribution is 2.47. The predicted octanol–water partition coefficient (Wildman–Crippen LogP) is 7.39. The molecular weight excluding hydrogens is 526 g/mol. The Labute approximate surface area is 242 Å². The molecule has 0 radical (unpaired) electrons. The molecule has 41 heavy (non-hydrogen) atoms. The quantitative estimate of drug-likeness (QED) is 0.299. The lowest BCUT2D eigenvalue weighted by Crippen LogP contribution is -2.45. The third-order valence-corrected chi connectivity index (χ3v) is 8.28. The van der Waals surface area contributed by atoms with Crippen LogP contribution in [-0.4, -0.2) is 60.3 Å². The number of hydrogen-bond donors (Lipinski definition) is 0. The number of carbonyl (C=O) groups excluding carboxylic acids is 1. The van der Waals surface area contributed by atoms with Crippen LogP contribution in [0.2, 0.25) is 0 Å². The van der Waals surface area contributed by atoms with Crippen molar-refractivity contribution >= 4 is 12.0 Å². The maximum Gasteiger partial charge on any atom is 0.387 e. The van der Waals surface area contributed by atoms with Gasteiger partial charge in [-0.25, -0.2) is 0 Å². The lowest BCUT2D eigenvalue weighted by atomic mass is 9.89. The van der Waals surface area contributed by atoms with Crippen LogP contribution in [0.15, 0.2) is 48.0 Å². The van der Waals surface area contributed by atoms with Gasteiger partial charge in [0.05, 0.1) is 0 Å². The minimum atomic E-state index is -3.06. The Balaban J connectivity index is 1.41. The zero-order valence-electron chi connectivity index (χ0n) is 24.4. The van der Waals surface area contributed by atoms with E-state index in [0.717, 1.165) is 43.0 Å². The van der Waals surface area contributed by atoms with Crippen LogP contribution in [0.5, 0.6) is 17.2 Å². The zero-order valence-corrected chi connectivity index (χ0v) is 24.4. The number of nitrogens with zero attached hydrogens (tertiary/aromatic N) is 2. The Morgan fingerprint density at radius 1 is 1.10 bits per heavy atom. The molecule has 1 saturated heterocycles. The van der Waals surface area contributed by atoms with Crippen LogP contribution in [0.4, 0.5) is 8.78 Å². The molecule has 1 atom stereocenters. The van der Waals surface area contributed by atoms with E-state index in [1.54, 1.807) is 19.9 Å². The molecule has 2 aromatic carbocycles. The van der Waals surface area contributed by atoms with Gasteiger partial charge in [0.25, 0.3) is 5.91 Å². The molecule has 0 N–H and O–H groups in total. The molecule has 2 fully saturated rings. The second-order valence-electron chi connectivity index (χ2n) is 12.2. The number of rotatable bonds is 10. The van der Waals surface area contributed by atoms with Gasteiger partial charge >= 0.3 is 6.61 Å². The molecule has 2 aromatic rings. The second-order valence-corrected chi connectivity index (χ2v) is 12.2. The molecule has 222 valence electrons. The summed E-state index contributed by atoms with van der Waals surface area (Å²) in [5.74, 6) is -0.448. The molecule has 1 aliphatic carbocycles. The minimum Gasteiger partial charge on any atom is -0.449 e. The van der Waals surface area contributed by atoms with E-state index in [4.69, 9.17) is 14.2 Å². The fraction of sp³-hybridized carbons (Fsp3) is 0.545. The number of halogens is 2. The number of benzene rings is 2. The molecule has 2 aliphatic heterocycles. The van der Waals surface area contributed by atoms with Crippen molar-refractivity contribution in [1.82, 2.24) is 9.80 Å². The average molecular weight is 569 g/mol. The SMILES string of the molecule is C/C(=C\c1ccccc1)CN(C[C@@H]1CCCN1CC1CCCCC1)C(=O)c1cc(OC(F)F)c2c(c1)OC(C)(C)O2. The average Bonchev–Trinajstić information content (AvgIpc) is 3.50. The van der Waals surface area contributed by atoms with Crippen LogP contribution in [0.3, 0.4) is 0 Å².